The number of halogens is 7. The van der Waals surface area contributed by atoms with Gasteiger partial charge in [-0.2, -0.15) is 26.3 Å². The number of carboxylic acid groups (broad SMARTS) is 1. The summed E-state index contributed by atoms with van der Waals surface area (Å²) in [5.41, 5.74) is -3.05. The number of carbonyl (C=O) groups is 3. The molecular weight excluding hydrogens is 728 g/mol. The third kappa shape index (κ3) is 8.12. The number of hydrogen-bond donors (Lipinski definition) is 2. The smallest absolute Gasteiger partial charge is 0.425 e. The number of thiophene rings is 1. The molecule has 3 aromatic rings. The summed E-state index contributed by atoms with van der Waals surface area (Å²) in [6, 6.07) is 5.08. The molecule has 5 rings (SSSR count). The third-order valence-electron chi connectivity index (χ3n) is 9.23. The van der Waals surface area contributed by atoms with Crippen LogP contribution < -0.4 is 4.74 Å². The first-order chi connectivity index (χ1) is 24.0. The third-order valence-corrected chi connectivity index (χ3v) is 10.4. The summed E-state index contributed by atoms with van der Waals surface area (Å²) in [5.74, 6) is -3.84. The van der Waals surface area contributed by atoms with E-state index >= 15 is 4.79 Å². The number of hydrogen-bond acceptors (Lipinski definition) is 7. The number of carbonyl (C=O) groups excluding carboxylic acids is 2. The van der Waals surface area contributed by atoms with Crippen molar-refractivity contribution in [2.75, 3.05) is 6.54 Å². The van der Waals surface area contributed by atoms with Gasteiger partial charge in [0.1, 0.15) is 16.3 Å². The van der Waals surface area contributed by atoms with Crippen molar-refractivity contribution in [1.82, 2.24) is 14.8 Å². The van der Waals surface area contributed by atoms with Crippen LogP contribution in [0.15, 0.2) is 48.0 Å². The fraction of sp³-hybridized carbons (Fsp3) is 0.471. The number of amides is 2. The van der Waals surface area contributed by atoms with Crippen LogP contribution in [0, 0.1) is 0 Å². The van der Waals surface area contributed by atoms with E-state index in [-0.39, 0.29) is 44.5 Å². The van der Waals surface area contributed by atoms with Gasteiger partial charge in [0, 0.05) is 54.6 Å². The lowest BCUT2D eigenvalue weighted by Crippen LogP contribution is -2.69. The zero-order chi connectivity index (χ0) is 37.3. The zero-order valence-electron chi connectivity index (χ0n) is 27.1. The largest absolute Gasteiger partial charge is 0.479 e. The minimum Gasteiger partial charge on any atom is -0.479 e. The number of nitrogens with zero attached hydrogens (tertiary/aromatic N) is 3. The van der Waals surface area contributed by atoms with Gasteiger partial charge in [0.05, 0.1) is 11.6 Å². The Morgan fingerprint density at radius 1 is 1.10 bits per heavy atom. The second-order valence-electron chi connectivity index (χ2n) is 12.6. The van der Waals surface area contributed by atoms with Gasteiger partial charge in [-0.15, -0.1) is 11.3 Å². The summed E-state index contributed by atoms with van der Waals surface area (Å²) in [7, 11) is 0. The highest BCUT2D eigenvalue weighted by molar-refractivity contribution is 7.10. The first kappa shape index (κ1) is 38.3. The van der Waals surface area contributed by atoms with Gasteiger partial charge >= 0.3 is 18.3 Å². The summed E-state index contributed by atoms with van der Waals surface area (Å²) < 4.78 is 89.7. The number of piperidine rings is 1. The van der Waals surface area contributed by atoms with Crippen LogP contribution >= 0.6 is 22.9 Å². The number of pyridine rings is 1. The molecular formula is C34H34ClF6N3O6S. The molecule has 4 heterocycles. The molecule has 2 aromatic heterocycles. The lowest BCUT2D eigenvalue weighted by atomic mass is 9.78. The standard InChI is InChI=1S/C34H34ClF6N3O6S/c1-2-3-7-26-32(50-23-16-27(51-18-23)34(39,40)41,10-5-12-43(26)29(46)28-24(33(36,37)38)6-4-11-42-28)31(49)44-17-19-8-9-21(35)13-20(19)14-22(44)15-25(45)30(47)48/h4,6,8-9,11,13,16,18,22,25-26,45H,2-3,5,7,10,12,14-15,17H2,1H3,(H,47,48)/t22-,25?,26-,32+/m1/s1. The van der Waals surface area contributed by atoms with E-state index in [0.29, 0.717) is 46.4 Å². The van der Waals surface area contributed by atoms with Crippen molar-refractivity contribution in [2.24, 2.45) is 0 Å². The van der Waals surface area contributed by atoms with E-state index < -0.39 is 76.5 Å². The maximum Gasteiger partial charge on any atom is 0.425 e. The van der Waals surface area contributed by atoms with Crippen molar-refractivity contribution < 1.29 is 55.7 Å². The zero-order valence-corrected chi connectivity index (χ0v) is 28.7. The number of aromatic nitrogens is 1. The van der Waals surface area contributed by atoms with Crippen molar-refractivity contribution in [2.45, 2.75) is 94.6 Å². The van der Waals surface area contributed by atoms with Gasteiger partial charge < -0.3 is 24.7 Å². The molecule has 276 valence electrons. The van der Waals surface area contributed by atoms with E-state index in [1.165, 1.54) is 4.90 Å². The lowest BCUT2D eigenvalue weighted by molar-refractivity contribution is -0.165. The second kappa shape index (κ2) is 15.0. The van der Waals surface area contributed by atoms with Crippen LogP contribution in [-0.2, 0) is 34.9 Å². The predicted octanol–water partition coefficient (Wildman–Crippen LogP) is 7.24. The minimum absolute atomic E-state index is 0.00695. The number of carboxylic acids is 1. The monoisotopic (exact) mass is 761 g/mol. The highest BCUT2D eigenvalue weighted by atomic mass is 35.5. The Morgan fingerprint density at radius 3 is 2.49 bits per heavy atom. The summed E-state index contributed by atoms with van der Waals surface area (Å²) in [6.45, 7) is 1.56. The van der Waals surface area contributed by atoms with E-state index in [0.717, 1.165) is 28.6 Å². The molecule has 1 aromatic carbocycles. The number of fused-ring (bicyclic) bond motifs is 1. The van der Waals surface area contributed by atoms with Crippen LogP contribution in [0.5, 0.6) is 5.75 Å². The molecule has 1 saturated heterocycles. The van der Waals surface area contributed by atoms with E-state index in [9.17, 15) is 46.1 Å². The topological polar surface area (TPSA) is 120 Å². The molecule has 1 unspecified atom stereocenters. The normalized spacial score (nSPS) is 21.6. The number of unbranched alkanes of at least 4 members (excludes halogenated alkanes) is 1. The van der Waals surface area contributed by atoms with Gasteiger partial charge in [-0.3, -0.25) is 14.6 Å². The predicted molar refractivity (Wildman–Crippen MR) is 173 cm³/mol. The fourth-order valence-electron chi connectivity index (χ4n) is 6.86. The summed E-state index contributed by atoms with van der Waals surface area (Å²) >= 11 is 6.54. The van der Waals surface area contributed by atoms with E-state index in [1.54, 1.807) is 18.2 Å². The second-order valence-corrected chi connectivity index (χ2v) is 13.9. The summed E-state index contributed by atoms with van der Waals surface area (Å²) in [5, 5.41) is 21.4. The summed E-state index contributed by atoms with van der Waals surface area (Å²) in [4.78, 5) is 46.2. The Morgan fingerprint density at radius 2 is 1.84 bits per heavy atom. The van der Waals surface area contributed by atoms with Crippen molar-refractivity contribution in [3.05, 3.63) is 80.3 Å². The van der Waals surface area contributed by atoms with Crippen LogP contribution in [0.3, 0.4) is 0 Å². The van der Waals surface area contributed by atoms with Crippen LogP contribution in [0.2, 0.25) is 5.02 Å². The van der Waals surface area contributed by atoms with Gasteiger partial charge in [-0.05, 0) is 54.7 Å². The van der Waals surface area contributed by atoms with Crippen LogP contribution in [-0.4, -0.2) is 73.1 Å². The van der Waals surface area contributed by atoms with E-state index in [1.807, 2.05) is 6.92 Å². The number of benzene rings is 1. The van der Waals surface area contributed by atoms with Crippen molar-refractivity contribution in [3.63, 3.8) is 0 Å². The van der Waals surface area contributed by atoms with Gasteiger partial charge in [0.25, 0.3) is 11.8 Å². The number of ether oxygens (including phenoxy) is 1. The average molecular weight is 762 g/mol. The number of likely N-dealkylation sites (tertiary alicyclic amines) is 1. The molecule has 2 aliphatic heterocycles. The average Bonchev–Trinajstić information content (AvgIpc) is 3.55. The molecule has 0 aliphatic carbocycles. The van der Waals surface area contributed by atoms with Crippen molar-refractivity contribution in [3.8, 4) is 5.75 Å². The maximum atomic E-state index is 15.2. The van der Waals surface area contributed by atoms with Crippen molar-refractivity contribution >= 4 is 40.7 Å². The van der Waals surface area contributed by atoms with Gasteiger partial charge in [-0.1, -0.05) is 37.4 Å². The number of aliphatic hydroxyl groups excluding tert-OH is 1. The number of rotatable bonds is 10. The highest BCUT2D eigenvalue weighted by Crippen LogP contribution is 2.44. The maximum absolute atomic E-state index is 15.2. The molecule has 1 fully saturated rings. The Balaban J connectivity index is 1.67. The SMILES string of the molecule is CCCC[C@H]1N(C(=O)c2ncccc2C(F)(F)F)CCC[C@@]1(Oc1csc(C(F)(F)F)c1)C(=O)N1Cc2ccc(Cl)cc2C[C@@H]1CC(O)C(=O)O. The highest BCUT2D eigenvalue weighted by Gasteiger charge is 2.57. The van der Waals surface area contributed by atoms with Gasteiger partial charge in [0.15, 0.2) is 6.10 Å². The first-order valence-electron chi connectivity index (χ1n) is 16.1. The Bertz CT molecular complexity index is 1770. The quantitative estimate of drug-likeness (QED) is 0.209. The first-order valence-corrected chi connectivity index (χ1v) is 17.4. The fourth-order valence-corrected chi connectivity index (χ4v) is 7.74. The molecule has 17 heteroatoms. The molecule has 4 atom stereocenters. The van der Waals surface area contributed by atoms with E-state index in [2.05, 4.69) is 4.98 Å². The van der Waals surface area contributed by atoms with Gasteiger partial charge in [0.2, 0.25) is 5.60 Å². The molecule has 2 amide bonds. The Labute approximate surface area is 297 Å². The number of aliphatic carboxylic acids is 1. The molecule has 2 N–H and O–H groups in total. The number of aliphatic hydroxyl groups is 1. The van der Waals surface area contributed by atoms with Gasteiger partial charge in [-0.25, -0.2) is 4.79 Å². The molecule has 0 radical (unpaired) electrons. The molecule has 0 saturated carbocycles. The van der Waals surface area contributed by atoms with Crippen LogP contribution in [0.4, 0.5) is 26.3 Å². The van der Waals surface area contributed by atoms with Crippen LogP contribution in [0.25, 0.3) is 0 Å². The lowest BCUT2D eigenvalue weighted by Gasteiger charge is -2.51. The molecule has 2 aliphatic rings. The molecule has 0 bridgehead atoms. The molecule has 9 nitrogen and oxygen atoms in total. The Kier molecular flexibility index (Phi) is 11.3. The van der Waals surface area contributed by atoms with E-state index in [4.69, 9.17) is 16.3 Å². The Hall–Kier alpha value is -3.89. The van der Waals surface area contributed by atoms with Crippen LogP contribution in [0.1, 0.15) is 77.5 Å². The summed E-state index contributed by atoms with van der Waals surface area (Å²) in [6.07, 6.45) is -10.2. The molecule has 51 heavy (non-hydrogen) atoms. The minimum atomic E-state index is -4.95. The van der Waals surface area contributed by atoms with Crippen molar-refractivity contribution in [1.29, 1.82) is 0 Å². The molecule has 0 spiro atoms. The number of alkyl halides is 6.